The summed E-state index contributed by atoms with van der Waals surface area (Å²) >= 11 is 0. The Morgan fingerprint density at radius 2 is 2.20 bits per heavy atom. The first-order valence-corrected chi connectivity index (χ1v) is 8.40. The number of methoxy groups -OCH3 is 1. The number of hydrogen-bond acceptors (Lipinski definition) is 5. The van der Waals surface area contributed by atoms with Gasteiger partial charge >= 0.3 is 5.97 Å². The molecule has 2 aromatic heterocycles. The fourth-order valence-electron chi connectivity index (χ4n) is 3.24. The quantitative estimate of drug-likeness (QED) is 0.683. The molecule has 0 saturated carbocycles. The molecule has 128 valence electrons. The summed E-state index contributed by atoms with van der Waals surface area (Å²) in [7, 11) is 1.37. The third-order valence-electron chi connectivity index (χ3n) is 4.51. The second kappa shape index (κ2) is 6.64. The molecule has 0 N–H and O–H groups in total. The maximum absolute atomic E-state index is 12.2. The van der Waals surface area contributed by atoms with Crippen LogP contribution in [0.1, 0.15) is 36.0 Å². The van der Waals surface area contributed by atoms with E-state index >= 15 is 0 Å². The molecule has 6 heteroatoms. The highest BCUT2D eigenvalue weighted by Gasteiger charge is 2.24. The van der Waals surface area contributed by atoms with E-state index in [0.29, 0.717) is 12.3 Å². The van der Waals surface area contributed by atoms with Gasteiger partial charge in [0.15, 0.2) is 11.9 Å². The Balaban J connectivity index is 1.86. The summed E-state index contributed by atoms with van der Waals surface area (Å²) < 4.78 is 12.6. The predicted molar refractivity (Wildman–Crippen MR) is 93.1 cm³/mol. The van der Waals surface area contributed by atoms with Crippen LogP contribution < -0.4 is 0 Å². The third-order valence-corrected chi connectivity index (χ3v) is 4.51. The van der Waals surface area contributed by atoms with Gasteiger partial charge in [0.2, 0.25) is 0 Å². The predicted octanol–water partition coefficient (Wildman–Crippen LogP) is 3.58. The van der Waals surface area contributed by atoms with E-state index in [1.165, 1.54) is 7.11 Å². The number of fused-ring (bicyclic) bond motifs is 1. The summed E-state index contributed by atoms with van der Waals surface area (Å²) in [5, 5.41) is 5.29. The molecule has 1 unspecified atom stereocenters. The van der Waals surface area contributed by atoms with E-state index in [1.54, 1.807) is 12.4 Å². The van der Waals surface area contributed by atoms with Crippen LogP contribution in [0.4, 0.5) is 0 Å². The normalized spacial score (nSPS) is 17.6. The molecule has 0 bridgehead atoms. The Hall–Kier alpha value is -2.73. The number of rotatable bonds is 3. The zero-order valence-electron chi connectivity index (χ0n) is 14.0. The van der Waals surface area contributed by atoms with Gasteiger partial charge in [0.25, 0.3) is 0 Å². The van der Waals surface area contributed by atoms with Crippen molar-refractivity contribution < 1.29 is 14.3 Å². The Labute approximate surface area is 145 Å². The number of hydrogen-bond donors (Lipinski definition) is 0. The Bertz CT molecular complexity index is 899. The van der Waals surface area contributed by atoms with Crippen molar-refractivity contribution in [1.29, 1.82) is 0 Å². The fourth-order valence-corrected chi connectivity index (χ4v) is 3.24. The van der Waals surface area contributed by atoms with Crippen molar-refractivity contribution in [3.05, 3.63) is 48.4 Å². The number of aromatic nitrogens is 3. The monoisotopic (exact) mass is 337 g/mol. The first-order chi connectivity index (χ1) is 12.3. The van der Waals surface area contributed by atoms with E-state index in [2.05, 4.69) is 10.1 Å². The van der Waals surface area contributed by atoms with E-state index in [0.717, 1.165) is 41.3 Å². The van der Waals surface area contributed by atoms with Gasteiger partial charge in [-0.15, -0.1) is 0 Å². The lowest BCUT2D eigenvalue weighted by atomic mass is 10.0. The molecule has 1 fully saturated rings. The molecule has 1 aliphatic rings. The van der Waals surface area contributed by atoms with Gasteiger partial charge in [0.05, 0.1) is 12.6 Å². The maximum atomic E-state index is 12.2. The molecule has 4 rings (SSSR count). The second-order valence-corrected chi connectivity index (χ2v) is 6.08. The minimum absolute atomic E-state index is 0.140. The van der Waals surface area contributed by atoms with E-state index in [1.807, 2.05) is 35.0 Å². The van der Waals surface area contributed by atoms with E-state index in [-0.39, 0.29) is 6.23 Å². The van der Waals surface area contributed by atoms with E-state index in [9.17, 15) is 4.79 Å². The van der Waals surface area contributed by atoms with Crippen LogP contribution in [0.5, 0.6) is 0 Å². The maximum Gasteiger partial charge on any atom is 0.359 e. The number of pyridine rings is 1. The van der Waals surface area contributed by atoms with Crippen molar-refractivity contribution in [3.63, 3.8) is 0 Å². The number of nitrogens with zero attached hydrogens (tertiary/aromatic N) is 3. The molecule has 25 heavy (non-hydrogen) atoms. The van der Waals surface area contributed by atoms with Crippen molar-refractivity contribution in [3.8, 4) is 11.1 Å². The Kier molecular flexibility index (Phi) is 4.19. The molecule has 0 spiro atoms. The summed E-state index contributed by atoms with van der Waals surface area (Å²) in [4.78, 5) is 16.4. The highest BCUT2D eigenvalue weighted by Crippen LogP contribution is 2.31. The lowest BCUT2D eigenvalue weighted by molar-refractivity contribution is -0.0369. The van der Waals surface area contributed by atoms with Gasteiger partial charge in [-0.1, -0.05) is 12.1 Å². The summed E-state index contributed by atoms with van der Waals surface area (Å²) in [5.41, 5.74) is 3.16. The van der Waals surface area contributed by atoms with Gasteiger partial charge in [-0.2, -0.15) is 5.10 Å². The molecular weight excluding hydrogens is 318 g/mol. The lowest BCUT2D eigenvalue weighted by Crippen LogP contribution is -2.19. The van der Waals surface area contributed by atoms with Crippen LogP contribution in [0, 0.1) is 0 Å². The molecular formula is C19H19N3O3. The van der Waals surface area contributed by atoms with Crippen LogP contribution in [0.2, 0.25) is 0 Å². The Morgan fingerprint density at radius 1 is 1.28 bits per heavy atom. The van der Waals surface area contributed by atoms with Crippen molar-refractivity contribution in [2.24, 2.45) is 0 Å². The molecule has 6 nitrogen and oxygen atoms in total. The molecule has 3 aromatic rings. The molecule has 1 atom stereocenters. The molecule has 1 aromatic carbocycles. The first-order valence-electron chi connectivity index (χ1n) is 8.40. The van der Waals surface area contributed by atoms with Gasteiger partial charge in [0.1, 0.15) is 0 Å². The molecule has 0 aliphatic carbocycles. The second-order valence-electron chi connectivity index (χ2n) is 6.08. The summed E-state index contributed by atoms with van der Waals surface area (Å²) in [6.45, 7) is 0.716. The minimum atomic E-state index is -0.442. The van der Waals surface area contributed by atoms with E-state index in [4.69, 9.17) is 9.47 Å². The Morgan fingerprint density at radius 3 is 2.92 bits per heavy atom. The summed E-state index contributed by atoms with van der Waals surface area (Å²) in [6.07, 6.45) is 6.44. The molecule has 0 radical (unpaired) electrons. The minimum Gasteiger partial charge on any atom is -0.464 e. The van der Waals surface area contributed by atoms with Crippen molar-refractivity contribution >= 4 is 16.9 Å². The largest absolute Gasteiger partial charge is 0.464 e. The summed E-state index contributed by atoms with van der Waals surface area (Å²) in [5.74, 6) is -0.442. The average Bonchev–Trinajstić information content (AvgIpc) is 3.07. The fraction of sp³-hybridized carbons (Fsp3) is 0.316. The molecule has 1 aliphatic heterocycles. The number of carbonyl (C=O) groups is 1. The van der Waals surface area contributed by atoms with Gasteiger partial charge in [-0.25, -0.2) is 9.48 Å². The standard InChI is InChI=1S/C19H19N3O3/c1-24-19(23)18-15-11-13(14-5-4-9-20-12-14)7-8-16(15)22(21-18)17-6-2-3-10-25-17/h4-5,7-9,11-12,17H,2-3,6,10H2,1H3. The summed E-state index contributed by atoms with van der Waals surface area (Å²) in [6, 6.07) is 9.84. The van der Waals surface area contributed by atoms with Gasteiger partial charge < -0.3 is 9.47 Å². The van der Waals surface area contributed by atoms with Crippen LogP contribution >= 0.6 is 0 Å². The van der Waals surface area contributed by atoms with Crippen molar-refractivity contribution in [2.45, 2.75) is 25.5 Å². The molecule has 1 saturated heterocycles. The van der Waals surface area contributed by atoms with Crippen LogP contribution in [-0.2, 0) is 9.47 Å². The number of benzene rings is 1. The van der Waals surface area contributed by atoms with Crippen molar-refractivity contribution in [1.82, 2.24) is 14.8 Å². The number of carbonyl (C=O) groups excluding carboxylic acids is 1. The SMILES string of the molecule is COC(=O)c1nn(C2CCCCO2)c2ccc(-c3cccnc3)cc12. The highest BCUT2D eigenvalue weighted by molar-refractivity contribution is 6.03. The average molecular weight is 337 g/mol. The van der Waals surface area contributed by atoms with Crippen LogP contribution in [0.15, 0.2) is 42.7 Å². The van der Waals surface area contributed by atoms with Crippen LogP contribution in [-0.4, -0.2) is 34.5 Å². The third kappa shape index (κ3) is 2.89. The van der Waals surface area contributed by atoms with Crippen LogP contribution in [0.3, 0.4) is 0 Å². The van der Waals surface area contributed by atoms with Crippen LogP contribution in [0.25, 0.3) is 22.0 Å². The lowest BCUT2D eigenvalue weighted by Gasteiger charge is -2.23. The molecule has 0 amide bonds. The number of ether oxygens (including phenoxy) is 2. The smallest absolute Gasteiger partial charge is 0.359 e. The zero-order valence-corrected chi connectivity index (χ0v) is 14.0. The van der Waals surface area contributed by atoms with E-state index < -0.39 is 5.97 Å². The first kappa shape index (κ1) is 15.8. The number of esters is 1. The van der Waals surface area contributed by atoms with Crippen molar-refractivity contribution in [2.75, 3.05) is 13.7 Å². The molecule has 3 heterocycles. The van der Waals surface area contributed by atoms with Gasteiger partial charge in [0, 0.05) is 30.0 Å². The zero-order chi connectivity index (χ0) is 17.2. The van der Waals surface area contributed by atoms with Gasteiger partial charge in [-0.3, -0.25) is 4.98 Å². The van der Waals surface area contributed by atoms with Gasteiger partial charge in [-0.05, 0) is 43.0 Å². The highest BCUT2D eigenvalue weighted by atomic mass is 16.5. The topological polar surface area (TPSA) is 66.2 Å².